The SMILES string of the molecule is CC(C)NCC(O)CN(C)c1ccc(F)cc1. The Morgan fingerprint density at radius 1 is 1.29 bits per heavy atom. The Kier molecular flexibility index (Phi) is 5.38. The van der Waals surface area contributed by atoms with Gasteiger partial charge in [0.15, 0.2) is 0 Å². The Bertz CT molecular complexity index is 327. The molecule has 96 valence electrons. The van der Waals surface area contributed by atoms with Crippen molar-refractivity contribution in [3.8, 4) is 0 Å². The van der Waals surface area contributed by atoms with Crippen LogP contribution in [0.15, 0.2) is 24.3 Å². The van der Waals surface area contributed by atoms with Gasteiger partial charge in [0, 0.05) is 31.9 Å². The van der Waals surface area contributed by atoms with Crippen LogP contribution >= 0.6 is 0 Å². The highest BCUT2D eigenvalue weighted by Crippen LogP contribution is 2.13. The van der Waals surface area contributed by atoms with Gasteiger partial charge < -0.3 is 15.3 Å². The number of halogens is 1. The summed E-state index contributed by atoms with van der Waals surface area (Å²) in [7, 11) is 1.88. The summed E-state index contributed by atoms with van der Waals surface area (Å²) in [6.45, 7) is 5.15. The molecule has 0 saturated heterocycles. The van der Waals surface area contributed by atoms with E-state index in [0.717, 1.165) is 5.69 Å². The zero-order valence-electron chi connectivity index (χ0n) is 10.7. The number of anilines is 1. The molecule has 0 spiro atoms. The van der Waals surface area contributed by atoms with Crippen molar-refractivity contribution in [1.82, 2.24) is 5.32 Å². The molecule has 0 aromatic heterocycles. The second-order valence-corrected chi connectivity index (χ2v) is 4.57. The molecule has 1 aromatic carbocycles. The van der Waals surface area contributed by atoms with Gasteiger partial charge in [0.05, 0.1) is 6.10 Å². The monoisotopic (exact) mass is 240 g/mol. The van der Waals surface area contributed by atoms with Crippen molar-refractivity contribution in [3.63, 3.8) is 0 Å². The number of aliphatic hydroxyl groups is 1. The lowest BCUT2D eigenvalue weighted by atomic mass is 10.2. The van der Waals surface area contributed by atoms with E-state index in [1.165, 1.54) is 12.1 Å². The minimum Gasteiger partial charge on any atom is -0.390 e. The molecule has 0 aliphatic rings. The van der Waals surface area contributed by atoms with Gasteiger partial charge >= 0.3 is 0 Å². The van der Waals surface area contributed by atoms with Gasteiger partial charge in [-0.25, -0.2) is 4.39 Å². The smallest absolute Gasteiger partial charge is 0.123 e. The maximum Gasteiger partial charge on any atom is 0.123 e. The lowest BCUT2D eigenvalue weighted by molar-refractivity contribution is 0.175. The molecule has 0 aliphatic carbocycles. The van der Waals surface area contributed by atoms with E-state index in [9.17, 15) is 9.50 Å². The molecule has 0 bridgehead atoms. The minimum absolute atomic E-state index is 0.246. The highest BCUT2D eigenvalue weighted by molar-refractivity contribution is 5.45. The Morgan fingerprint density at radius 2 is 1.88 bits per heavy atom. The molecule has 0 aliphatic heterocycles. The lowest BCUT2D eigenvalue weighted by Gasteiger charge is -2.23. The molecule has 0 saturated carbocycles. The normalized spacial score (nSPS) is 12.8. The fourth-order valence-corrected chi connectivity index (χ4v) is 1.55. The van der Waals surface area contributed by atoms with Crippen LogP contribution in [0.25, 0.3) is 0 Å². The third kappa shape index (κ3) is 5.15. The number of likely N-dealkylation sites (N-methyl/N-ethyl adjacent to an activating group) is 1. The van der Waals surface area contributed by atoms with Crippen molar-refractivity contribution in [2.45, 2.75) is 26.0 Å². The molecule has 2 N–H and O–H groups in total. The first kappa shape index (κ1) is 13.9. The number of aliphatic hydroxyl groups excluding tert-OH is 1. The van der Waals surface area contributed by atoms with E-state index >= 15 is 0 Å². The van der Waals surface area contributed by atoms with E-state index < -0.39 is 6.10 Å². The molecule has 1 rings (SSSR count). The number of rotatable bonds is 6. The van der Waals surface area contributed by atoms with Gasteiger partial charge in [-0.2, -0.15) is 0 Å². The molecule has 3 nitrogen and oxygen atoms in total. The van der Waals surface area contributed by atoms with Gasteiger partial charge in [0.25, 0.3) is 0 Å². The van der Waals surface area contributed by atoms with Crippen LogP contribution in [-0.2, 0) is 0 Å². The minimum atomic E-state index is -0.438. The van der Waals surface area contributed by atoms with Crippen LogP contribution in [-0.4, -0.2) is 37.4 Å². The average molecular weight is 240 g/mol. The summed E-state index contributed by atoms with van der Waals surface area (Å²) in [6, 6.07) is 6.62. The van der Waals surface area contributed by atoms with Gasteiger partial charge in [-0.05, 0) is 24.3 Å². The van der Waals surface area contributed by atoms with Crippen LogP contribution in [0.5, 0.6) is 0 Å². The topological polar surface area (TPSA) is 35.5 Å². The summed E-state index contributed by atoms with van der Waals surface area (Å²) >= 11 is 0. The molecule has 4 heteroatoms. The molecule has 1 aromatic rings. The van der Waals surface area contributed by atoms with E-state index in [4.69, 9.17) is 0 Å². The van der Waals surface area contributed by atoms with Crippen LogP contribution in [0.1, 0.15) is 13.8 Å². The van der Waals surface area contributed by atoms with Gasteiger partial charge in [-0.1, -0.05) is 13.8 Å². The van der Waals surface area contributed by atoms with E-state index in [1.807, 2.05) is 25.8 Å². The Balaban J connectivity index is 2.42. The van der Waals surface area contributed by atoms with Crippen molar-refractivity contribution in [2.24, 2.45) is 0 Å². The lowest BCUT2D eigenvalue weighted by Crippen LogP contribution is -2.38. The van der Waals surface area contributed by atoms with Gasteiger partial charge in [-0.3, -0.25) is 0 Å². The summed E-state index contributed by atoms with van der Waals surface area (Å²) in [5.74, 6) is -0.246. The number of hydrogen-bond donors (Lipinski definition) is 2. The highest BCUT2D eigenvalue weighted by Gasteiger charge is 2.09. The third-order valence-electron chi connectivity index (χ3n) is 2.51. The van der Waals surface area contributed by atoms with E-state index in [0.29, 0.717) is 19.1 Å². The largest absolute Gasteiger partial charge is 0.390 e. The predicted octanol–water partition coefficient (Wildman–Crippen LogP) is 1.62. The summed E-state index contributed by atoms with van der Waals surface area (Å²) in [6.07, 6.45) is -0.438. The molecular formula is C13H21FN2O. The van der Waals surface area contributed by atoms with Crippen molar-refractivity contribution >= 4 is 5.69 Å². The van der Waals surface area contributed by atoms with Crippen molar-refractivity contribution in [1.29, 1.82) is 0 Å². The number of nitrogens with one attached hydrogen (secondary N) is 1. The predicted molar refractivity (Wildman–Crippen MR) is 68.8 cm³/mol. The maximum absolute atomic E-state index is 12.7. The van der Waals surface area contributed by atoms with Gasteiger partial charge in [-0.15, -0.1) is 0 Å². The van der Waals surface area contributed by atoms with Crippen molar-refractivity contribution in [3.05, 3.63) is 30.1 Å². The van der Waals surface area contributed by atoms with Crippen LogP contribution in [0, 0.1) is 5.82 Å². The second-order valence-electron chi connectivity index (χ2n) is 4.57. The quantitative estimate of drug-likeness (QED) is 0.793. The van der Waals surface area contributed by atoms with Crippen molar-refractivity contribution < 1.29 is 9.50 Å². The second kappa shape index (κ2) is 6.57. The maximum atomic E-state index is 12.7. The Labute approximate surface area is 102 Å². The zero-order valence-corrected chi connectivity index (χ0v) is 10.7. The van der Waals surface area contributed by atoms with Crippen LogP contribution in [0.4, 0.5) is 10.1 Å². The first-order chi connectivity index (χ1) is 7.99. The first-order valence-corrected chi connectivity index (χ1v) is 5.87. The molecule has 0 heterocycles. The summed E-state index contributed by atoms with van der Waals surface area (Å²) in [5.41, 5.74) is 0.898. The Hall–Kier alpha value is -1.13. The fourth-order valence-electron chi connectivity index (χ4n) is 1.55. The number of hydrogen-bond acceptors (Lipinski definition) is 3. The molecule has 1 atom stereocenters. The number of benzene rings is 1. The molecule has 17 heavy (non-hydrogen) atoms. The van der Waals surface area contributed by atoms with Crippen LogP contribution < -0.4 is 10.2 Å². The van der Waals surface area contributed by atoms with E-state index in [-0.39, 0.29) is 5.82 Å². The fraction of sp³-hybridized carbons (Fsp3) is 0.538. The van der Waals surface area contributed by atoms with Crippen LogP contribution in [0.3, 0.4) is 0 Å². The third-order valence-corrected chi connectivity index (χ3v) is 2.51. The number of nitrogens with zero attached hydrogens (tertiary/aromatic N) is 1. The van der Waals surface area contributed by atoms with Crippen LogP contribution in [0.2, 0.25) is 0 Å². The summed E-state index contributed by atoms with van der Waals surface area (Å²) < 4.78 is 12.7. The first-order valence-electron chi connectivity index (χ1n) is 5.87. The molecule has 0 fully saturated rings. The van der Waals surface area contributed by atoms with Gasteiger partial charge in [0.2, 0.25) is 0 Å². The van der Waals surface area contributed by atoms with E-state index in [1.54, 1.807) is 12.1 Å². The molecule has 0 radical (unpaired) electrons. The average Bonchev–Trinajstić information content (AvgIpc) is 2.27. The highest BCUT2D eigenvalue weighted by atomic mass is 19.1. The zero-order chi connectivity index (χ0) is 12.8. The summed E-state index contributed by atoms with van der Waals surface area (Å²) in [4.78, 5) is 1.91. The van der Waals surface area contributed by atoms with Crippen molar-refractivity contribution in [2.75, 3.05) is 25.0 Å². The molecule has 0 amide bonds. The standard InChI is InChI=1S/C13H21FN2O/c1-10(2)15-8-13(17)9-16(3)12-6-4-11(14)5-7-12/h4-7,10,13,15,17H,8-9H2,1-3H3. The molecule has 1 unspecified atom stereocenters. The summed E-state index contributed by atoms with van der Waals surface area (Å²) in [5, 5.41) is 13.0. The Morgan fingerprint density at radius 3 is 2.41 bits per heavy atom. The van der Waals surface area contributed by atoms with E-state index in [2.05, 4.69) is 5.32 Å². The van der Waals surface area contributed by atoms with Gasteiger partial charge in [0.1, 0.15) is 5.82 Å². The molecular weight excluding hydrogens is 219 g/mol.